The molecule has 5 atom stereocenters. The molecular weight excluding hydrogens is 502 g/mol. The molecule has 0 radical (unpaired) electrons. The fourth-order valence-electron chi connectivity index (χ4n) is 6.40. The van der Waals surface area contributed by atoms with Gasteiger partial charge in [0.15, 0.2) is 0 Å². The van der Waals surface area contributed by atoms with Crippen molar-refractivity contribution in [1.29, 1.82) is 0 Å². The Balaban J connectivity index is 1.47. The molecule has 0 aliphatic carbocycles. The molecule has 5 rings (SSSR count). The maximum atomic E-state index is 14.4. The van der Waals surface area contributed by atoms with Crippen LogP contribution in [-0.4, -0.2) is 91.7 Å². The number of unbranched alkanes of at least 4 members (excludes halogenated alkanes) is 1. The van der Waals surface area contributed by atoms with E-state index in [2.05, 4.69) is 23.5 Å². The van der Waals surface area contributed by atoms with Gasteiger partial charge in [-0.25, -0.2) is 4.68 Å². The van der Waals surface area contributed by atoms with Crippen LogP contribution in [0.5, 0.6) is 0 Å². The van der Waals surface area contributed by atoms with Gasteiger partial charge in [-0.3, -0.25) is 14.4 Å². The number of aliphatic hydroxyl groups is 1. The number of carbonyl (C=O) groups excluding carboxylic acids is 3. The average Bonchev–Trinajstić information content (AvgIpc) is 3.68. The molecule has 2 unspecified atom stereocenters. The number of fused-ring (bicyclic) bond motifs is 2. The summed E-state index contributed by atoms with van der Waals surface area (Å²) in [7, 11) is 0. The number of nitrogens with zero attached hydrogens (tertiary/aromatic N) is 5. The van der Waals surface area contributed by atoms with E-state index in [1.165, 1.54) is 0 Å². The van der Waals surface area contributed by atoms with Gasteiger partial charge < -0.3 is 24.4 Å². The molecule has 3 fully saturated rings. The normalized spacial score (nSPS) is 27.1. The van der Waals surface area contributed by atoms with E-state index in [4.69, 9.17) is 9.47 Å². The van der Waals surface area contributed by atoms with Gasteiger partial charge in [-0.1, -0.05) is 29.5 Å². The van der Waals surface area contributed by atoms with Crippen molar-refractivity contribution in [3.63, 3.8) is 0 Å². The summed E-state index contributed by atoms with van der Waals surface area (Å²) in [5, 5.41) is 17.8. The molecule has 11 nitrogen and oxygen atoms in total. The van der Waals surface area contributed by atoms with E-state index in [9.17, 15) is 19.5 Å². The Morgan fingerprint density at radius 2 is 2.08 bits per heavy atom. The largest absolute Gasteiger partial charge is 0.465 e. The highest BCUT2D eigenvalue weighted by atomic mass is 16.6. The Morgan fingerprint density at radius 1 is 1.26 bits per heavy atom. The molecule has 208 valence electrons. The third-order valence-electron chi connectivity index (χ3n) is 8.07. The van der Waals surface area contributed by atoms with E-state index in [-0.39, 0.29) is 44.8 Å². The summed E-state index contributed by atoms with van der Waals surface area (Å²) in [6.07, 6.45) is 5.39. The van der Waals surface area contributed by atoms with Crippen molar-refractivity contribution in [3.05, 3.63) is 49.6 Å². The Kier molecular flexibility index (Phi) is 7.81. The van der Waals surface area contributed by atoms with Gasteiger partial charge in [-0.15, -0.1) is 18.3 Å². The number of esters is 1. The van der Waals surface area contributed by atoms with Crippen LogP contribution in [0.1, 0.15) is 32.1 Å². The molecule has 0 saturated carbocycles. The van der Waals surface area contributed by atoms with Crippen LogP contribution in [0.3, 0.4) is 0 Å². The molecule has 3 aliphatic heterocycles. The maximum Gasteiger partial charge on any atom is 0.312 e. The van der Waals surface area contributed by atoms with Crippen molar-refractivity contribution in [2.45, 2.75) is 56.5 Å². The highest BCUT2D eigenvalue weighted by Gasteiger charge is 2.75. The Morgan fingerprint density at radius 3 is 2.85 bits per heavy atom. The number of likely N-dealkylation sites (tertiary alicyclic amines) is 1. The van der Waals surface area contributed by atoms with Gasteiger partial charge in [0.25, 0.3) is 0 Å². The lowest BCUT2D eigenvalue weighted by molar-refractivity contribution is -0.155. The van der Waals surface area contributed by atoms with E-state index in [1.54, 1.807) is 26.6 Å². The van der Waals surface area contributed by atoms with Crippen molar-refractivity contribution in [1.82, 2.24) is 24.8 Å². The second-order valence-electron chi connectivity index (χ2n) is 10.3. The first-order chi connectivity index (χ1) is 19.0. The lowest BCUT2D eigenvalue weighted by Crippen LogP contribution is -2.56. The first-order valence-electron chi connectivity index (χ1n) is 13.5. The molecule has 2 bridgehead atoms. The Hall–Kier alpha value is -3.57. The minimum absolute atomic E-state index is 0.0198. The zero-order chi connectivity index (χ0) is 27.6. The van der Waals surface area contributed by atoms with E-state index >= 15 is 0 Å². The third kappa shape index (κ3) is 4.63. The summed E-state index contributed by atoms with van der Waals surface area (Å²) >= 11 is 0. The molecule has 1 N–H and O–H groups in total. The topological polar surface area (TPSA) is 127 Å². The van der Waals surface area contributed by atoms with Crippen LogP contribution in [0.15, 0.2) is 49.6 Å². The fourth-order valence-corrected chi connectivity index (χ4v) is 6.40. The van der Waals surface area contributed by atoms with Gasteiger partial charge in [0.1, 0.15) is 23.8 Å². The molecule has 3 saturated heterocycles. The molecule has 2 amide bonds. The van der Waals surface area contributed by atoms with Crippen LogP contribution in [0.4, 0.5) is 0 Å². The molecule has 1 aromatic heterocycles. The number of para-hydroxylation sites is 1. The molecule has 39 heavy (non-hydrogen) atoms. The van der Waals surface area contributed by atoms with Crippen molar-refractivity contribution >= 4 is 28.8 Å². The number of benzene rings is 1. The summed E-state index contributed by atoms with van der Waals surface area (Å²) in [6.45, 7) is 8.25. The smallest absolute Gasteiger partial charge is 0.312 e. The number of carbonyl (C=O) groups is 3. The molecule has 1 spiro atoms. The fraction of sp³-hybridized carbons (Fsp3) is 0.536. The molecule has 4 heterocycles. The first-order valence-corrected chi connectivity index (χ1v) is 13.5. The number of rotatable bonds is 13. The minimum atomic E-state index is -1.12. The van der Waals surface area contributed by atoms with Gasteiger partial charge in [-0.05, 0) is 44.2 Å². The van der Waals surface area contributed by atoms with Crippen molar-refractivity contribution < 1.29 is 29.0 Å². The number of hydrogen-bond donors (Lipinski definition) is 1. The monoisotopic (exact) mass is 537 g/mol. The SMILES string of the molecule is C=CCCOC(=O)[C@@H]1[C@@H]2CCC3(O2)C(C(=O)N(CC=C)Cn2nnc4ccccc42)N(CCCCO)C(=O)[C@H]13. The highest BCUT2D eigenvalue weighted by Crippen LogP contribution is 2.58. The lowest BCUT2D eigenvalue weighted by atomic mass is 9.70. The third-order valence-corrected chi connectivity index (χ3v) is 8.07. The van der Waals surface area contributed by atoms with Crippen molar-refractivity contribution in [2.24, 2.45) is 11.8 Å². The van der Waals surface area contributed by atoms with Gasteiger partial charge in [0.2, 0.25) is 11.8 Å². The van der Waals surface area contributed by atoms with E-state index in [1.807, 2.05) is 24.3 Å². The Labute approximate surface area is 227 Å². The Bertz CT molecular complexity index is 1260. The summed E-state index contributed by atoms with van der Waals surface area (Å²) in [4.78, 5) is 44.6. The van der Waals surface area contributed by atoms with Crippen LogP contribution in [0.25, 0.3) is 11.0 Å². The quantitative estimate of drug-likeness (QED) is 0.232. The van der Waals surface area contributed by atoms with E-state index < -0.39 is 35.6 Å². The van der Waals surface area contributed by atoms with Crippen LogP contribution < -0.4 is 0 Å². The molecule has 3 aliphatic rings. The predicted octanol–water partition coefficient (Wildman–Crippen LogP) is 1.67. The summed E-state index contributed by atoms with van der Waals surface area (Å²) in [6, 6.07) is 6.56. The molecular formula is C28H35N5O6. The average molecular weight is 538 g/mol. The van der Waals surface area contributed by atoms with Crippen LogP contribution >= 0.6 is 0 Å². The second kappa shape index (κ2) is 11.3. The molecule has 11 heteroatoms. The van der Waals surface area contributed by atoms with Gasteiger partial charge in [-0.2, -0.15) is 0 Å². The van der Waals surface area contributed by atoms with Gasteiger partial charge in [0.05, 0.1) is 30.1 Å². The van der Waals surface area contributed by atoms with Gasteiger partial charge >= 0.3 is 5.97 Å². The zero-order valence-electron chi connectivity index (χ0n) is 22.0. The highest BCUT2D eigenvalue weighted by molar-refractivity contribution is 5.98. The summed E-state index contributed by atoms with van der Waals surface area (Å²) in [5.74, 6) is -2.60. The van der Waals surface area contributed by atoms with Crippen LogP contribution in [0.2, 0.25) is 0 Å². The number of ether oxygens (including phenoxy) is 2. The van der Waals surface area contributed by atoms with Crippen LogP contribution in [-0.2, 0) is 30.5 Å². The van der Waals surface area contributed by atoms with Crippen LogP contribution in [0, 0.1) is 11.8 Å². The molecule has 2 aromatic rings. The first kappa shape index (κ1) is 27.0. The zero-order valence-corrected chi connectivity index (χ0v) is 22.0. The molecule has 1 aromatic carbocycles. The second-order valence-corrected chi connectivity index (χ2v) is 10.3. The minimum Gasteiger partial charge on any atom is -0.465 e. The van der Waals surface area contributed by atoms with E-state index in [0.29, 0.717) is 37.6 Å². The number of hydrogen-bond acceptors (Lipinski definition) is 8. The lowest BCUT2D eigenvalue weighted by Gasteiger charge is -2.36. The number of aliphatic hydroxyl groups excluding tert-OH is 1. The van der Waals surface area contributed by atoms with Crippen molar-refractivity contribution in [2.75, 3.05) is 26.3 Å². The number of aromatic nitrogens is 3. The summed E-state index contributed by atoms with van der Waals surface area (Å²) in [5.41, 5.74) is 0.363. The van der Waals surface area contributed by atoms with Crippen molar-refractivity contribution in [3.8, 4) is 0 Å². The van der Waals surface area contributed by atoms with E-state index in [0.717, 1.165) is 5.52 Å². The predicted molar refractivity (Wildman–Crippen MR) is 141 cm³/mol. The standard InChI is InChI=1S/C28H35N5O6/c1-3-5-17-38-27(37)22-21-12-13-28(39-21)23(22)25(35)32(15-8-9-16-34)24(28)26(36)31(14-4-2)18-33-20-11-7-6-10-19(20)29-30-33/h3-4,6-7,10-11,21-24,34H,1-2,5,8-9,12-18H2/t21-,22+,23-,24?,28?/m0/s1. The summed E-state index contributed by atoms with van der Waals surface area (Å²) < 4.78 is 13.6. The number of amides is 2. The van der Waals surface area contributed by atoms with Gasteiger partial charge in [0, 0.05) is 19.7 Å². The maximum absolute atomic E-state index is 14.4.